The Labute approximate surface area is 137 Å². The molecule has 0 amide bonds. The Morgan fingerprint density at radius 1 is 1.04 bits per heavy atom. The van der Waals surface area contributed by atoms with Crippen LogP contribution in [0.15, 0.2) is 42.5 Å². The highest BCUT2D eigenvalue weighted by molar-refractivity contribution is 6.32. The third-order valence-corrected chi connectivity index (χ3v) is 3.97. The second-order valence-corrected chi connectivity index (χ2v) is 5.55. The number of ether oxygens (including phenoxy) is 2. The number of nitrogens with zero attached hydrogens (tertiary/aromatic N) is 1. The van der Waals surface area contributed by atoms with Gasteiger partial charge in [0.1, 0.15) is 11.3 Å². The summed E-state index contributed by atoms with van der Waals surface area (Å²) in [5.74, 6) is 1.50. The number of fused-ring (bicyclic) bond motifs is 2. The Kier molecular flexibility index (Phi) is 3.32. The lowest BCUT2D eigenvalue weighted by atomic mass is 10.1. The van der Waals surface area contributed by atoms with Crippen molar-refractivity contribution in [1.82, 2.24) is 4.98 Å². The zero-order valence-corrected chi connectivity index (χ0v) is 12.7. The van der Waals surface area contributed by atoms with Gasteiger partial charge in [-0.3, -0.25) is 0 Å². The Morgan fingerprint density at radius 3 is 2.74 bits per heavy atom. The van der Waals surface area contributed by atoms with Gasteiger partial charge in [0, 0.05) is 11.5 Å². The van der Waals surface area contributed by atoms with Crippen LogP contribution in [0.25, 0.3) is 23.1 Å². The van der Waals surface area contributed by atoms with E-state index in [2.05, 4.69) is 4.98 Å². The molecule has 0 saturated heterocycles. The van der Waals surface area contributed by atoms with Crippen molar-refractivity contribution in [3.63, 3.8) is 0 Å². The van der Waals surface area contributed by atoms with E-state index in [0.29, 0.717) is 22.0 Å². The molecule has 1 aliphatic heterocycles. The maximum atomic E-state index is 9.89. The summed E-state index contributed by atoms with van der Waals surface area (Å²) < 4.78 is 10.6. The Hall–Kier alpha value is -2.72. The van der Waals surface area contributed by atoms with E-state index in [9.17, 15) is 5.11 Å². The van der Waals surface area contributed by atoms with Crippen molar-refractivity contribution in [2.75, 3.05) is 6.79 Å². The molecule has 0 unspecified atom stereocenters. The molecule has 0 spiro atoms. The van der Waals surface area contributed by atoms with Crippen molar-refractivity contribution in [2.45, 2.75) is 0 Å². The number of hydrogen-bond donors (Lipinski definition) is 1. The molecule has 0 radical (unpaired) electrons. The average molecular weight is 326 g/mol. The average Bonchev–Trinajstić information content (AvgIpc) is 3.00. The van der Waals surface area contributed by atoms with Crippen LogP contribution in [0.4, 0.5) is 0 Å². The number of phenols is 1. The molecule has 2 aromatic carbocycles. The molecule has 0 saturated carbocycles. The first-order valence-electron chi connectivity index (χ1n) is 7.07. The first-order valence-corrected chi connectivity index (χ1v) is 7.44. The first kappa shape index (κ1) is 13.9. The van der Waals surface area contributed by atoms with Crippen molar-refractivity contribution in [3.05, 3.63) is 58.7 Å². The van der Waals surface area contributed by atoms with Crippen LogP contribution in [0.2, 0.25) is 5.02 Å². The lowest BCUT2D eigenvalue weighted by molar-refractivity contribution is 0.174. The van der Waals surface area contributed by atoms with Crippen LogP contribution in [-0.2, 0) is 0 Å². The molecule has 2 heterocycles. The number of benzene rings is 2. The van der Waals surface area contributed by atoms with E-state index >= 15 is 0 Å². The third-order valence-electron chi connectivity index (χ3n) is 3.65. The molecular weight excluding hydrogens is 314 g/mol. The Balaban J connectivity index is 1.70. The second kappa shape index (κ2) is 5.48. The minimum absolute atomic E-state index is 0.166. The number of halogens is 1. The maximum absolute atomic E-state index is 9.89. The van der Waals surface area contributed by atoms with Gasteiger partial charge in [-0.2, -0.15) is 0 Å². The van der Waals surface area contributed by atoms with Gasteiger partial charge in [0.15, 0.2) is 11.5 Å². The highest BCUT2D eigenvalue weighted by Crippen LogP contribution is 2.37. The highest BCUT2D eigenvalue weighted by atomic mass is 35.5. The van der Waals surface area contributed by atoms with E-state index < -0.39 is 0 Å². The molecule has 23 heavy (non-hydrogen) atoms. The van der Waals surface area contributed by atoms with Gasteiger partial charge in [0.05, 0.1) is 10.7 Å². The van der Waals surface area contributed by atoms with Crippen LogP contribution in [0.5, 0.6) is 17.2 Å². The normalized spacial score (nSPS) is 13.1. The summed E-state index contributed by atoms with van der Waals surface area (Å²) in [6.45, 7) is 0.213. The molecule has 4 nitrogen and oxygen atoms in total. The fourth-order valence-corrected chi connectivity index (χ4v) is 2.69. The SMILES string of the molecule is Oc1cccc2ccc(/C=C/c3cc4c(cc3Cl)OCO4)nc12. The van der Waals surface area contributed by atoms with E-state index in [4.69, 9.17) is 21.1 Å². The molecule has 5 heteroatoms. The van der Waals surface area contributed by atoms with Crippen molar-refractivity contribution in [1.29, 1.82) is 0 Å². The predicted octanol–water partition coefficient (Wildman–Crippen LogP) is 4.49. The van der Waals surface area contributed by atoms with Crippen LogP contribution in [0.1, 0.15) is 11.3 Å². The Morgan fingerprint density at radius 2 is 1.87 bits per heavy atom. The summed E-state index contributed by atoms with van der Waals surface area (Å²) >= 11 is 6.25. The van der Waals surface area contributed by atoms with Gasteiger partial charge < -0.3 is 14.6 Å². The number of pyridine rings is 1. The molecule has 3 aromatic rings. The standard InChI is InChI=1S/C18H12ClNO3/c19-14-9-17-16(22-10-23-17)8-12(14)5-7-13-6-4-11-2-1-3-15(21)18(11)20-13/h1-9,21H,10H2/b7-5+. The van der Waals surface area contributed by atoms with E-state index in [1.54, 1.807) is 18.2 Å². The smallest absolute Gasteiger partial charge is 0.231 e. The molecule has 114 valence electrons. The van der Waals surface area contributed by atoms with Crippen molar-refractivity contribution in [2.24, 2.45) is 0 Å². The zero-order valence-electron chi connectivity index (χ0n) is 12.0. The molecule has 0 aliphatic carbocycles. The van der Waals surface area contributed by atoms with Gasteiger partial charge in [-0.25, -0.2) is 4.98 Å². The minimum atomic E-state index is 0.166. The summed E-state index contributed by atoms with van der Waals surface area (Å²) in [5.41, 5.74) is 2.12. The molecular formula is C18H12ClNO3. The maximum Gasteiger partial charge on any atom is 0.231 e. The zero-order chi connectivity index (χ0) is 15.8. The van der Waals surface area contributed by atoms with E-state index in [0.717, 1.165) is 16.6 Å². The number of rotatable bonds is 2. The van der Waals surface area contributed by atoms with Gasteiger partial charge in [0.2, 0.25) is 6.79 Å². The van der Waals surface area contributed by atoms with Crippen LogP contribution >= 0.6 is 11.6 Å². The minimum Gasteiger partial charge on any atom is -0.506 e. The van der Waals surface area contributed by atoms with Crippen LogP contribution < -0.4 is 9.47 Å². The van der Waals surface area contributed by atoms with Gasteiger partial charge in [-0.05, 0) is 29.8 Å². The van der Waals surface area contributed by atoms with Crippen molar-refractivity contribution >= 4 is 34.7 Å². The molecule has 0 bridgehead atoms. The number of phenolic OH excluding ortho intramolecular Hbond substituents is 1. The first-order chi connectivity index (χ1) is 11.2. The molecule has 1 aromatic heterocycles. The topological polar surface area (TPSA) is 51.6 Å². The fourth-order valence-electron chi connectivity index (χ4n) is 2.48. The fraction of sp³-hybridized carbons (Fsp3) is 0.0556. The lowest BCUT2D eigenvalue weighted by Gasteiger charge is -2.03. The van der Waals surface area contributed by atoms with Gasteiger partial charge in [0.25, 0.3) is 0 Å². The van der Waals surface area contributed by atoms with Crippen molar-refractivity contribution < 1.29 is 14.6 Å². The summed E-state index contributed by atoms with van der Waals surface area (Å²) in [4.78, 5) is 4.46. The second-order valence-electron chi connectivity index (χ2n) is 5.15. The Bertz CT molecular complexity index is 937. The summed E-state index contributed by atoms with van der Waals surface area (Å²) in [7, 11) is 0. The van der Waals surface area contributed by atoms with Crippen LogP contribution in [-0.4, -0.2) is 16.9 Å². The quantitative estimate of drug-likeness (QED) is 0.754. The summed E-state index contributed by atoms with van der Waals surface area (Å²) in [6, 6.07) is 12.7. The monoisotopic (exact) mass is 325 g/mol. The van der Waals surface area contributed by atoms with Gasteiger partial charge >= 0.3 is 0 Å². The predicted molar refractivity (Wildman–Crippen MR) is 89.9 cm³/mol. The molecule has 4 rings (SSSR count). The van der Waals surface area contributed by atoms with E-state index in [-0.39, 0.29) is 12.5 Å². The number of para-hydroxylation sites is 1. The van der Waals surface area contributed by atoms with Gasteiger partial charge in [-0.1, -0.05) is 35.9 Å². The molecule has 0 atom stereocenters. The molecule has 0 fully saturated rings. The largest absolute Gasteiger partial charge is 0.506 e. The third kappa shape index (κ3) is 2.58. The summed E-state index contributed by atoms with van der Waals surface area (Å²) in [6.07, 6.45) is 3.70. The van der Waals surface area contributed by atoms with E-state index in [1.807, 2.05) is 36.4 Å². The molecule has 1 N–H and O–H groups in total. The summed E-state index contributed by atoms with van der Waals surface area (Å²) in [5, 5.41) is 11.4. The number of hydrogen-bond acceptors (Lipinski definition) is 4. The van der Waals surface area contributed by atoms with Gasteiger partial charge in [-0.15, -0.1) is 0 Å². The highest BCUT2D eigenvalue weighted by Gasteiger charge is 2.15. The van der Waals surface area contributed by atoms with Crippen LogP contribution in [0.3, 0.4) is 0 Å². The molecule has 1 aliphatic rings. The lowest BCUT2D eigenvalue weighted by Crippen LogP contribution is -1.92. The number of aromatic nitrogens is 1. The number of aromatic hydroxyl groups is 1. The van der Waals surface area contributed by atoms with E-state index in [1.165, 1.54) is 0 Å². The van der Waals surface area contributed by atoms with Crippen molar-refractivity contribution in [3.8, 4) is 17.2 Å². The van der Waals surface area contributed by atoms with Crippen LogP contribution in [0, 0.1) is 0 Å².